The second-order valence-corrected chi connectivity index (χ2v) is 3.74. The van der Waals surface area contributed by atoms with Gasteiger partial charge in [-0.2, -0.15) is 0 Å². The number of ether oxygens (including phenoxy) is 1. The predicted octanol–water partition coefficient (Wildman–Crippen LogP) is 1.58. The van der Waals surface area contributed by atoms with Crippen LogP contribution in [0.3, 0.4) is 0 Å². The fourth-order valence-corrected chi connectivity index (χ4v) is 1.79. The first-order valence-electron chi connectivity index (χ1n) is 4.86. The molecule has 0 bridgehead atoms. The minimum Gasteiger partial charge on any atom is -0.426 e. The monoisotopic (exact) mass is 180 g/mol. The van der Waals surface area contributed by atoms with Crippen LogP contribution < -0.4 is 11.1 Å². The number of nitrogens with one attached hydrogen (secondary N) is 1. The van der Waals surface area contributed by atoms with Crippen LogP contribution in [-0.2, 0) is 4.74 Å². The molecule has 2 aliphatic heterocycles. The smallest absolute Gasteiger partial charge is 0.194 e. The SMILES string of the molecule is CC1=C(N)OC2=C(CCCCN2)C1. The molecular formula is C10H16N2O. The normalized spacial score (nSPS) is 23.2. The average molecular weight is 180 g/mol. The van der Waals surface area contributed by atoms with E-state index in [0.717, 1.165) is 30.8 Å². The molecule has 2 heterocycles. The van der Waals surface area contributed by atoms with Gasteiger partial charge in [0.05, 0.1) is 0 Å². The van der Waals surface area contributed by atoms with E-state index < -0.39 is 0 Å². The highest BCUT2D eigenvalue weighted by atomic mass is 16.5. The fourth-order valence-electron chi connectivity index (χ4n) is 1.79. The van der Waals surface area contributed by atoms with Gasteiger partial charge in [0.1, 0.15) is 0 Å². The summed E-state index contributed by atoms with van der Waals surface area (Å²) < 4.78 is 5.51. The highest BCUT2D eigenvalue weighted by molar-refractivity contribution is 5.24. The molecule has 0 atom stereocenters. The lowest BCUT2D eigenvalue weighted by molar-refractivity contribution is 0.253. The van der Waals surface area contributed by atoms with Gasteiger partial charge in [0.2, 0.25) is 0 Å². The van der Waals surface area contributed by atoms with Crippen LogP contribution in [0.2, 0.25) is 0 Å². The van der Waals surface area contributed by atoms with Crippen molar-refractivity contribution in [2.75, 3.05) is 6.54 Å². The maximum Gasteiger partial charge on any atom is 0.194 e. The average Bonchev–Trinajstić information content (AvgIpc) is 2.31. The molecule has 0 aromatic rings. The molecule has 0 aromatic carbocycles. The molecule has 0 spiro atoms. The molecule has 0 unspecified atom stereocenters. The van der Waals surface area contributed by atoms with Gasteiger partial charge in [-0.3, -0.25) is 0 Å². The van der Waals surface area contributed by atoms with Crippen molar-refractivity contribution in [1.82, 2.24) is 5.32 Å². The van der Waals surface area contributed by atoms with Crippen molar-refractivity contribution >= 4 is 0 Å². The van der Waals surface area contributed by atoms with Crippen LogP contribution in [0.5, 0.6) is 0 Å². The molecule has 0 aliphatic carbocycles. The van der Waals surface area contributed by atoms with E-state index in [1.807, 2.05) is 6.92 Å². The molecule has 72 valence electrons. The Balaban J connectivity index is 2.17. The molecule has 0 saturated carbocycles. The van der Waals surface area contributed by atoms with Crippen molar-refractivity contribution in [2.24, 2.45) is 5.73 Å². The third-order valence-corrected chi connectivity index (χ3v) is 2.62. The lowest BCUT2D eigenvalue weighted by Gasteiger charge is -2.21. The first-order valence-corrected chi connectivity index (χ1v) is 4.86. The van der Waals surface area contributed by atoms with Crippen LogP contribution in [0.15, 0.2) is 22.9 Å². The quantitative estimate of drug-likeness (QED) is 0.595. The van der Waals surface area contributed by atoms with E-state index in [4.69, 9.17) is 10.5 Å². The van der Waals surface area contributed by atoms with Crippen LogP contribution in [-0.4, -0.2) is 6.54 Å². The minimum atomic E-state index is 0.577. The zero-order valence-electron chi connectivity index (χ0n) is 8.02. The second-order valence-electron chi connectivity index (χ2n) is 3.74. The third kappa shape index (κ3) is 1.64. The third-order valence-electron chi connectivity index (χ3n) is 2.62. The zero-order chi connectivity index (χ0) is 9.26. The van der Waals surface area contributed by atoms with Gasteiger partial charge in [0, 0.05) is 6.54 Å². The van der Waals surface area contributed by atoms with Crippen LogP contribution >= 0.6 is 0 Å². The van der Waals surface area contributed by atoms with Crippen molar-refractivity contribution in [3.8, 4) is 0 Å². The summed E-state index contributed by atoms with van der Waals surface area (Å²) in [6.45, 7) is 3.04. The highest BCUT2D eigenvalue weighted by Crippen LogP contribution is 2.28. The Labute approximate surface area is 78.6 Å². The first kappa shape index (κ1) is 8.48. The van der Waals surface area contributed by atoms with Crippen molar-refractivity contribution in [2.45, 2.75) is 32.6 Å². The van der Waals surface area contributed by atoms with Gasteiger partial charge < -0.3 is 15.8 Å². The van der Waals surface area contributed by atoms with Crippen LogP contribution in [0.25, 0.3) is 0 Å². The summed E-state index contributed by atoms with van der Waals surface area (Å²) in [7, 11) is 0. The van der Waals surface area contributed by atoms with Gasteiger partial charge >= 0.3 is 0 Å². The number of nitrogens with two attached hydrogens (primary N) is 1. The minimum absolute atomic E-state index is 0.577. The molecule has 2 aliphatic rings. The van der Waals surface area contributed by atoms with Gasteiger partial charge in [-0.05, 0) is 43.8 Å². The van der Waals surface area contributed by atoms with E-state index in [1.54, 1.807) is 0 Å². The Kier molecular flexibility index (Phi) is 2.17. The summed E-state index contributed by atoms with van der Waals surface area (Å²) in [5.41, 5.74) is 8.25. The van der Waals surface area contributed by atoms with E-state index in [9.17, 15) is 0 Å². The summed E-state index contributed by atoms with van der Waals surface area (Å²) in [4.78, 5) is 0. The maximum atomic E-state index is 5.72. The van der Waals surface area contributed by atoms with E-state index in [-0.39, 0.29) is 0 Å². The maximum absolute atomic E-state index is 5.72. The molecule has 3 nitrogen and oxygen atoms in total. The van der Waals surface area contributed by atoms with E-state index in [2.05, 4.69) is 5.32 Å². The molecule has 0 fully saturated rings. The number of hydrogen-bond donors (Lipinski definition) is 2. The van der Waals surface area contributed by atoms with Crippen molar-refractivity contribution in [3.63, 3.8) is 0 Å². The summed E-state index contributed by atoms with van der Waals surface area (Å²) in [5, 5.41) is 3.28. The molecule has 0 amide bonds. The Morgan fingerprint density at radius 3 is 3.08 bits per heavy atom. The Bertz CT molecular complexity index is 253. The Morgan fingerprint density at radius 2 is 2.23 bits per heavy atom. The molecular weight excluding hydrogens is 164 g/mol. The van der Waals surface area contributed by atoms with Gasteiger partial charge in [-0.15, -0.1) is 0 Å². The number of rotatable bonds is 0. The van der Waals surface area contributed by atoms with Gasteiger partial charge in [0.25, 0.3) is 0 Å². The van der Waals surface area contributed by atoms with Crippen LogP contribution in [0.4, 0.5) is 0 Å². The fraction of sp³-hybridized carbons (Fsp3) is 0.600. The van der Waals surface area contributed by atoms with Crippen LogP contribution in [0, 0.1) is 0 Å². The Hall–Kier alpha value is -1.12. The standard InChI is InChI=1S/C10H16N2O/c1-7-6-8-4-2-3-5-12-10(8)13-9(7)11/h12H,2-6,11H2,1H3. The number of allylic oxidation sites excluding steroid dienone is 2. The molecule has 0 aromatic heterocycles. The van der Waals surface area contributed by atoms with E-state index in [0.29, 0.717) is 5.88 Å². The molecule has 2 rings (SSSR count). The first-order chi connectivity index (χ1) is 6.27. The zero-order valence-corrected chi connectivity index (χ0v) is 8.02. The lowest BCUT2D eigenvalue weighted by Crippen LogP contribution is -2.22. The highest BCUT2D eigenvalue weighted by Gasteiger charge is 2.19. The summed E-state index contributed by atoms with van der Waals surface area (Å²) in [6, 6.07) is 0. The summed E-state index contributed by atoms with van der Waals surface area (Å²) in [5.74, 6) is 1.49. The van der Waals surface area contributed by atoms with Crippen molar-refractivity contribution in [1.29, 1.82) is 0 Å². The van der Waals surface area contributed by atoms with Gasteiger partial charge in [0.15, 0.2) is 11.8 Å². The van der Waals surface area contributed by atoms with E-state index >= 15 is 0 Å². The molecule has 0 radical (unpaired) electrons. The van der Waals surface area contributed by atoms with Crippen LogP contribution in [0.1, 0.15) is 32.6 Å². The van der Waals surface area contributed by atoms with Gasteiger partial charge in [-0.1, -0.05) is 0 Å². The van der Waals surface area contributed by atoms with Gasteiger partial charge in [-0.25, -0.2) is 0 Å². The molecule has 0 saturated heterocycles. The predicted molar refractivity (Wildman–Crippen MR) is 51.5 cm³/mol. The topological polar surface area (TPSA) is 47.3 Å². The molecule has 3 heteroatoms. The summed E-state index contributed by atoms with van der Waals surface area (Å²) >= 11 is 0. The van der Waals surface area contributed by atoms with Crippen molar-refractivity contribution in [3.05, 3.63) is 22.9 Å². The van der Waals surface area contributed by atoms with Crippen molar-refractivity contribution < 1.29 is 4.74 Å². The molecule has 3 N–H and O–H groups in total. The second kappa shape index (κ2) is 3.32. The Morgan fingerprint density at radius 1 is 1.38 bits per heavy atom. The number of hydrogen-bond acceptors (Lipinski definition) is 3. The summed E-state index contributed by atoms with van der Waals surface area (Å²) in [6.07, 6.45) is 4.60. The molecule has 13 heavy (non-hydrogen) atoms. The van der Waals surface area contributed by atoms with E-state index in [1.165, 1.54) is 18.4 Å². The lowest BCUT2D eigenvalue weighted by atomic mass is 10.0. The largest absolute Gasteiger partial charge is 0.426 e.